The minimum absolute atomic E-state index is 0.172. The largest absolute Gasteiger partial charge is 0.326 e. The zero-order chi connectivity index (χ0) is 22.1. The van der Waals surface area contributed by atoms with E-state index in [0.717, 1.165) is 21.5 Å². The highest BCUT2D eigenvalue weighted by molar-refractivity contribution is 7.20. The first-order chi connectivity index (χ1) is 14.8. The number of benzene rings is 2. The van der Waals surface area contributed by atoms with E-state index in [1.807, 2.05) is 23.7 Å². The lowest BCUT2D eigenvalue weighted by Crippen LogP contribution is -2.11. The number of hydrogen-bond acceptors (Lipinski definition) is 4. The number of carbonyl (C=O) groups excluding carboxylic acids is 2. The van der Waals surface area contributed by atoms with E-state index in [2.05, 4.69) is 15.7 Å². The van der Waals surface area contributed by atoms with Crippen LogP contribution < -0.4 is 10.6 Å². The van der Waals surface area contributed by atoms with Gasteiger partial charge >= 0.3 is 0 Å². The lowest BCUT2D eigenvalue weighted by atomic mass is 10.2. The molecule has 0 saturated carbocycles. The maximum atomic E-state index is 12.8. The molecule has 2 aromatic heterocycles. The predicted molar refractivity (Wildman–Crippen MR) is 127 cm³/mol. The molecule has 158 valence electrons. The SMILES string of the molecule is CC(=O)Nc1cccc(NC(=O)c2cc3c(C)nn(Cc4ccc(Cl)cc4Cl)c3s2)c1. The summed E-state index contributed by atoms with van der Waals surface area (Å²) in [4.78, 5) is 25.5. The highest BCUT2D eigenvalue weighted by atomic mass is 35.5. The Morgan fingerprint density at radius 1 is 1.06 bits per heavy atom. The Labute approximate surface area is 192 Å². The van der Waals surface area contributed by atoms with Gasteiger partial charge in [0.1, 0.15) is 4.83 Å². The first kappa shape index (κ1) is 21.4. The van der Waals surface area contributed by atoms with Gasteiger partial charge in [-0.2, -0.15) is 5.10 Å². The molecule has 2 amide bonds. The number of carbonyl (C=O) groups is 2. The third-order valence-corrected chi connectivity index (χ3v) is 6.34. The molecule has 0 bridgehead atoms. The summed E-state index contributed by atoms with van der Waals surface area (Å²) in [6.07, 6.45) is 0. The van der Waals surface area contributed by atoms with Crippen molar-refractivity contribution in [1.29, 1.82) is 0 Å². The number of halogens is 2. The minimum atomic E-state index is -0.225. The Morgan fingerprint density at radius 3 is 2.52 bits per heavy atom. The van der Waals surface area contributed by atoms with E-state index in [0.29, 0.717) is 32.8 Å². The smallest absolute Gasteiger partial charge is 0.265 e. The van der Waals surface area contributed by atoms with Gasteiger partial charge in [0.05, 0.1) is 17.1 Å². The molecule has 0 radical (unpaired) electrons. The summed E-state index contributed by atoms with van der Waals surface area (Å²) >= 11 is 13.7. The number of fused-ring (bicyclic) bond motifs is 1. The van der Waals surface area contributed by atoms with E-state index in [4.69, 9.17) is 23.2 Å². The van der Waals surface area contributed by atoms with Crippen molar-refractivity contribution >= 4 is 67.9 Å². The average Bonchev–Trinajstić information content (AvgIpc) is 3.25. The van der Waals surface area contributed by atoms with Crippen molar-refractivity contribution in [2.45, 2.75) is 20.4 Å². The van der Waals surface area contributed by atoms with Crippen LogP contribution in [0.4, 0.5) is 11.4 Å². The quantitative estimate of drug-likeness (QED) is 0.375. The summed E-state index contributed by atoms with van der Waals surface area (Å²) in [5.74, 6) is -0.398. The van der Waals surface area contributed by atoms with E-state index >= 15 is 0 Å². The first-order valence-electron chi connectivity index (χ1n) is 9.40. The van der Waals surface area contributed by atoms with Crippen molar-refractivity contribution in [2.75, 3.05) is 10.6 Å². The summed E-state index contributed by atoms with van der Waals surface area (Å²) in [6, 6.07) is 14.2. The number of rotatable bonds is 5. The number of nitrogens with zero attached hydrogens (tertiary/aromatic N) is 2. The van der Waals surface area contributed by atoms with Crippen LogP contribution in [0.5, 0.6) is 0 Å². The molecule has 9 heteroatoms. The van der Waals surface area contributed by atoms with Gasteiger partial charge in [0.2, 0.25) is 5.91 Å². The number of amides is 2. The number of hydrogen-bond donors (Lipinski definition) is 2. The molecule has 6 nitrogen and oxygen atoms in total. The normalized spacial score (nSPS) is 11.0. The average molecular weight is 473 g/mol. The van der Waals surface area contributed by atoms with E-state index in [9.17, 15) is 9.59 Å². The van der Waals surface area contributed by atoms with Gasteiger partial charge in [0, 0.05) is 33.7 Å². The Bertz CT molecular complexity index is 1310. The summed E-state index contributed by atoms with van der Waals surface area (Å²) in [5, 5.41) is 12.3. The number of aromatic nitrogens is 2. The molecule has 0 aliphatic carbocycles. The standard InChI is InChI=1S/C22H18Cl2N4O2S/c1-12-18-10-20(21(30)26-17-5-3-4-16(9-17)25-13(2)29)31-22(18)28(27-12)11-14-6-7-15(23)8-19(14)24/h3-10H,11H2,1-2H3,(H,25,29)(H,26,30). The Balaban J connectivity index is 1.58. The second-order valence-electron chi connectivity index (χ2n) is 7.02. The predicted octanol–water partition coefficient (Wildman–Crippen LogP) is 5.97. The second kappa shape index (κ2) is 8.70. The Morgan fingerprint density at radius 2 is 1.81 bits per heavy atom. The van der Waals surface area contributed by atoms with Crippen molar-refractivity contribution in [2.24, 2.45) is 0 Å². The molecule has 31 heavy (non-hydrogen) atoms. The van der Waals surface area contributed by atoms with Gasteiger partial charge in [-0.3, -0.25) is 14.3 Å². The zero-order valence-electron chi connectivity index (χ0n) is 16.7. The molecule has 4 aromatic rings. The number of thiophene rings is 1. The fourth-order valence-corrected chi connectivity index (χ4v) is 4.74. The lowest BCUT2D eigenvalue weighted by molar-refractivity contribution is -0.114. The van der Waals surface area contributed by atoms with Gasteiger partial charge in [-0.1, -0.05) is 35.3 Å². The molecule has 0 fully saturated rings. The zero-order valence-corrected chi connectivity index (χ0v) is 19.0. The molecular weight excluding hydrogens is 455 g/mol. The fourth-order valence-electron chi connectivity index (χ4n) is 3.21. The third-order valence-electron chi connectivity index (χ3n) is 4.61. The Hall–Kier alpha value is -2.87. The van der Waals surface area contributed by atoms with Crippen LogP contribution in [-0.2, 0) is 11.3 Å². The monoisotopic (exact) mass is 472 g/mol. The van der Waals surface area contributed by atoms with E-state index in [-0.39, 0.29) is 11.8 Å². The minimum Gasteiger partial charge on any atom is -0.326 e. The van der Waals surface area contributed by atoms with Gasteiger partial charge in [0.15, 0.2) is 0 Å². The summed E-state index contributed by atoms with van der Waals surface area (Å²) in [5.41, 5.74) is 2.95. The molecule has 0 spiro atoms. The van der Waals surface area contributed by atoms with E-state index < -0.39 is 0 Å². The third kappa shape index (κ3) is 4.74. The van der Waals surface area contributed by atoms with Gasteiger partial charge in [-0.25, -0.2) is 0 Å². The topological polar surface area (TPSA) is 76.0 Å². The molecule has 0 saturated heterocycles. The van der Waals surface area contributed by atoms with Crippen molar-refractivity contribution in [1.82, 2.24) is 9.78 Å². The van der Waals surface area contributed by atoms with Gasteiger partial charge in [0.25, 0.3) is 5.91 Å². The summed E-state index contributed by atoms with van der Waals surface area (Å²) < 4.78 is 1.85. The molecule has 0 atom stereocenters. The molecule has 4 rings (SSSR count). The molecule has 2 N–H and O–H groups in total. The Kier molecular flexibility index (Phi) is 6.00. The highest BCUT2D eigenvalue weighted by Crippen LogP contribution is 2.31. The van der Waals surface area contributed by atoms with Crippen LogP contribution in [0.15, 0.2) is 48.5 Å². The van der Waals surface area contributed by atoms with Crippen LogP contribution in [0.25, 0.3) is 10.2 Å². The molecule has 2 aromatic carbocycles. The highest BCUT2D eigenvalue weighted by Gasteiger charge is 2.17. The van der Waals surface area contributed by atoms with Crippen LogP contribution >= 0.6 is 34.5 Å². The molecular formula is C22H18Cl2N4O2S. The molecule has 0 aliphatic heterocycles. The van der Waals surface area contributed by atoms with Gasteiger partial charge in [-0.15, -0.1) is 11.3 Å². The number of aryl methyl sites for hydroxylation is 1. The fraction of sp³-hybridized carbons (Fsp3) is 0.136. The molecule has 0 unspecified atom stereocenters. The maximum absolute atomic E-state index is 12.8. The van der Waals surface area contributed by atoms with Crippen molar-refractivity contribution in [3.8, 4) is 0 Å². The van der Waals surface area contributed by atoms with Gasteiger partial charge < -0.3 is 10.6 Å². The maximum Gasteiger partial charge on any atom is 0.265 e. The molecule has 0 aliphatic rings. The van der Waals surface area contributed by atoms with Crippen LogP contribution in [0, 0.1) is 6.92 Å². The number of nitrogens with one attached hydrogen (secondary N) is 2. The number of anilines is 2. The van der Waals surface area contributed by atoms with Crippen LogP contribution in [0.1, 0.15) is 27.9 Å². The van der Waals surface area contributed by atoms with Gasteiger partial charge in [-0.05, 0) is 48.9 Å². The first-order valence-corrected chi connectivity index (χ1v) is 11.0. The van der Waals surface area contributed by atoms with Crippen LogP contribution in [0.2, 0.25) is 10.0 Å². The van der Waals surface area contributed by atoms with E-state index in [1.165, 1.54) is 18.3 Å². The summed E-state index contributed by atoms with van der Waals surface area (Å²) in [6.45, 7) is 3.82. The second-order valence-corrected chi connectivity index (χ2v) is 8.90. The van der Waals surface area contributed by atoms with Crippen molar-refractivity contribution in [3.63, 3.8) is 0 Å². The van der Waals surface area contributed by atoms with Crippen LogP contribution in [0.3, 0.4) is 0 Å². The van der Waals surface area contributed by atoms with Crippen LogP contribution in [-0.4, -0.2) is 21.6 Å². The van der Waals surface area contributed by atoms with Crippen molar-refractivity contribution in [3.05, 3.63) is 74.7 Å². The van der Waals surface area contributed by atoms with E-state index in [1.54, 1.807) is 36.4 Å². The summed E-state index contributed by atoms with van der Waals surface area (Å²) in [7, 11) is 0. The lowest BCUT2D eigenvalue weighted by Gasteiger charge is -2.07. The molecule has 2 heterocycles. The van der Waals surface area contributed by atoms with Crippen molar-refractivity contribution < 1.29 is 9.59 Å².